The Labute approximate surface area is 81.3 Å². The lowest BCUT2D eigenvalue weighted by Crippen LogP contribution is -2.53. The molecule has 0 rings (SSSR count). The molecule has 2 N–H and O–H groups in total. The number of hydrogen-bond acceptors (Lipinski definition) is 3. The van der Waals surface area contributed by atoms with Crippen molar-refractivity contribution in [3.8, 4) is 0 Å². The monoisotopic (exact) mass is 183 g/mol. The maximum absolute atomic E-state index is 11.5. The van der Waals surface area contributed by atoms with E-state index < -0.39 is 17.1 Å². The minimum atomic E-state index is -1.31. The number of rotatable bonds is 4. The summed E-state index contributed by atoms with van der Waals surface area (Å²) in [4.78, 5) is 11.5. The number of ketones is 1. The fraction of sp³-hybridized carbons (Fsp3) is 0.889. The Hall–Kier alpha value is -0.345. The van der Waals surface area contributed by atoms with E-state index in [0.717, 1.165) is 0 Å². The van der Waals surface area contributed by atoms with Gasteiger partial charge in [0.2, 0.25) is 0 Å². The van der Waals surface area contributed by atoms with E-state index in [2.05, 4.69) is 5.32 Å². The van der Waals surface area contributed by atoms with Crippen LogP contribution in [0.3, 0.4) is 0 Å². The van der Waals surface area contributed by atoms with Crippen LogP contribution >= 0.6 is 0 Å². The highest BCUT2D eigenvalue weighted by Gasteiger charge is 2.30. The topological polar surface area (TPSA) is 49.3 Å². The van der Waals surface area contributed by atoms with Gasteiger partial charge in [0.15, 0.2) is 5.78 Å². The molecular weight excluding hydrogens is 165 g/mol. The molecule has 0 aromatic rings. The molecule has 0 heterocycles. The van der Waals surface area contributed by atoms with Gasteiger partial charge in [-0.05, 0) is 26.2 Å². The average Bonchev–Trinajstić information content (AvgIpc) is 1.79. The summed E-state index contributed by atoms with van der Waals surface area (Å²) in [6, 6.07) is -0.444. The second kappa shape index (κ2) is 3.80. The van der Waals surface area contributed by atoms with Gasteiger partial charge in [0.1, 0.15) is 5.60 Å². The van der Waals surface area contributed by atoms with Crippen molar-refractivity contribution in [1.29, 1.82) is 0 Å². The first-order valence-electron chi connectivity index (χ1n) is 4.37. The standard InChI is InChI=1S/C9H18BNO2/c1-6(11-9(4,5)10)7(12)8(2,3)13/h6,11,13H,1-5H3. The van der Waals surface area contributed by atoms with E-state index in [4.69, 9.17) is 7.85 Å². The van der Waals surface area contributed by atoms with Crippen molar-refractivity contribution in [3.05, 3.63) is 0 Å². The van der Waals surface area contributed by atoms with E-state index in [9.17, 15) is 9.90 Å². The fourth-order valence-corrected chi connectivity index (χ4v) is 1.15. The van der Waals surface area contributed by atoms with Crippen molar-refractivity contribution >= 4 is 13.6 Å². The summed E-state index contributed by atoms with van der Waals surface area (Å²) in [5.41, 5.74) is -1.92. The van der Waals surface area contributed by atoms with Crippen LogP contribution < -0.4 is 5.32 Å². The predicted molar refractivity (Wildman–Crippen MR) is 53.7 cm³/mol. The van der Waals surface area contributed by atoms with Gasteiger partial charge in [0.05, 0.1) is 13.9 Å². The van der Waals surface area contributed by atoms with Crippen LogP contribution in [0.5, 0.6) is 0 Å². The third-order valence-corrected chi connectivity index (χ3v) is 1.58. The summed E-state index contributed by atoms with van der Waals surface area (Å²) in [5, 5.41) is 12.3. The first kappa shape index (κ1) is 12.7. The van der Waals surface area contributed by atoms with Gasteiger partial charge in [-0.2, -0.15) is 0 Å². The Bertz CT molecular complexity index is 191. The van der Waals surface area contributed by atoms with Crippen molar-refractivity contribution in [3.63, 3.8) is 0 Å². The molecule has 0 aliphatic heterocycles. The molecule has 1 unspecified atom stereocenters. The first-order chi connectivity index (χ1) is 5.54. The van der Waals surface area contributed by atoms with Gasteiger partial charge in [0, 0.05) is 0 Å². The fourth-order valence-electron chi connectivity index (χ4n) is 1.15. The number of aliphatic hydroxyl groups is 1. The number of Topliss-reactive ketones (excluding diaryl/α,β-unsaturated/α-hetero) is 1. The molecule has 0 aliphatic carbocycles. The summed E-state index contributed by atoms with van der Waals surface area (Å²) in [6.45, 7) is 8.16. The summed E-state index contributed by atoms with van der Waals surface area (Å²) in [5.74, 6) is -0.258. The van der Waals surface area contributed by atoms with E-state index in [1.165, 1.54) is 13.8 Å². The predicted octanol–water partition coefficient (Wildman–Crippen LogP) is 0.209. The van der Waals surface area contributed by atoms with Crippen LogP contribution in [0.1, 0.15) is 34.6 Å². The Balaban J connectivity index is 4.30. The molecule has 3 nitrogen and oxygen atoms in total. The molecule has 0 saturated carbocycles. The Kier molecular flexibility index (Phi) is 3.70. The Morgan fingerprint density at radius 3 is 2.00 bits per heavy atom. The second-order valence-corrected chi connectivity index (χ2v) is 4.51. The van der Waals surface area contributed by atoms with Gasteiger partial charge in [-0.15, -0.1) is 0 Å². The van der Waals surface area contributed by atoms with E-state index in [1.807, 2.05) is 0 Å². The minimum absolute atomic E-state index is 0.258. The highest BCUT2D eigenvalue weighted by molar-refractivity contribution is 6.15. The molecule has 1 atom stereocenters. The molecule has 2 radical (unpaired) electrons. The molecule has 0 saturated heterocycles. The van der Waals surface area contributed by atoms with Crippen LogP contribution in [-0.2, 0) is 4.79 Å². The lowest BCUT2D eigenvalue weighted by molar-refractivity contribution is -0.136. The van der Waals surface area contributed by atoms with Gasteiger partial charge in [-0.3, -0.25) is 4.79 Å². The van der Waals surface area contributed by atoms with Crippen LogP contribution in [0, 0.1) is 0 Å². The normalized spacial score (nSPS) is 15.5. The van der Waals surface area contributed by atoms with E-state index in [1.54, 1.807) is 20.8 Å². The number of nitrogens with one attached hydrogen (secondary N) is 1. The van der Waals surface area contributed by atoms with Gasteiger partial charge in [-0.1, -0.05) is 13.8 Å². The molecule has 0 amide bonds. The highest BCUT2D eigenvalue weighted by Crippen LogP contribution is 2.08. The quantitative estimate of drug-likeness (QED) is 0.612. The molecule has 0 aliphatic rings. The van der Waals surface area contributed by atoms with Crippen molar-refractivity contribution in [1.82, 2.24) is 5.32 Å². The second-order valence-electron chi connectivity index (χ2n) is 4.51. The maximum atomic E-state index is 11.5. The lowest BCUT2D eigenvalue weighted by Gasteiger charge is -2.29. The number of hydrogen-bond donors (Lipinski definition) is 2. The third kappa shape index (κ3) is 5.06. The number of carbonyl (C=O) groups is 1. The highest BCUT2D eigenvalue weighted by atomic mass is 16.3. The van der Waals surface area contributed by atoms with Crippen LogP contribution in [0.2, 0.25) is 0 Å². The zero-order valence-electron chi connectivity index (χ0n) is 9.01. The molecule has 0 fully saturated rings. The minimum Gasteiger partial charge on any atom is -0.383 e. The number of carbonyl (C=O) groups excluding carboxylic acids is 1. The maximum Gasteiger partial charge on any atom is 0.180 e. The Morgan fingerprint density at radius 1 is 1.38 bits per heavy atom. The van der Waals surface area contributed by atoms with Crippen LogP contribution in [0.4, 0.5) is 0 Å². The van der Waals surface area contributed by atoms with E-state index in [-0.39, 0.29) is 5.78 Å². The van der Waals surface area contributed by atoms with Crippen molar-refractivity contribution in [2.45, 2.75) is 51.7 Å². The molecule has 0 bridgehead atoms. The van der Waals surface area contributed by atoms with Crippen molar-refractivity contribution in [2.75, 3.05) is 0 Å². The molecule has 4 heteroatoms. The van der Waals surface area contributed by atoms with E-state index >= 15 is 0 Å². The summed E-state index contributed by atoms with van der Waals surface area (Å²) in [6.07, 6.45) is 0. The summed E-state index contributed by atoms with van der Waals surface area (Å²) in [7, 11) is 5.67. The molecule has 74 valence electrons. The molecular formula is C9H18BNO2. The molecule has 13 heavy (non-hydrogen) atoms. The summed E-state index contributed by atoms with van der Waals surface area (Å²) >= 11 is 0. The zero-order chi connectivity index (χ0) is 10.9. The molecule has 0 spiro atoms. The zero-order valence-corrected chi connectivity index (χ0v) is 9.01. The molecule has 0 aromatic carbocycles. The van der Waals surface area contributed by atoms with Gasteiger partial charge >= 0.3 is 0 Å². The summed E-state index contributed by atoms with van der Waals surface area (Å²) < 4.78 is 0. The smallest absolute Gasteiger partial charge is 0.180 e. The van der Waals surface area contributed by atoms with Gasteiger partial charge < -0.3 is 10.4 Å². The van der Waals surface area contributed by atoms with E-state index in [0.29, 0.717) is 0 Å². The largest absolute Gasteiger partial charge is 0.383 e. The first-order valence-corrected chi connectivity index (χ1v) is 4.37. The molecule has 0 aromatic heterocycles. The SMILES string of the molecule is [B]C(C)(C)NC(C)C(=O)C(C)(C)O. The van der Waals surface area contributed by atoms with Crippen LogP contribution in [0.25, 0.3) is 0 Å². The van der Waals surface area contributed by atoms with Crippen molar-refractivity contribution in [2.24, 2.45) is 0 Å². The Morgan fingerprint density at radius 2 is 1.77 bits per heavy atom. The van der Waals surface area contributed by atoms with Crippen molar-refractivity contribution < 1.29 is 9.90 Å². The van der Waals surface area contributed by atoms with Gasteiger partial charge in [-0.25, -0.2) is 0 Å². The lowest BCUT2D eigenvalue weighted by atomic mass is 9.80. The van der Waals surface area contributed by atoms with Crippen LogP contribution in [-0.4, -0.2) is 35.8 Å². The third-order valence-electron chi connectivity index (χ3n) is 1.58. The van der Waals surface area contributed by atoms with Gasteiger partial charge in [0.25, 0.3) is 0 Å². The average molecular weight is 183 g/mol. The van der Waals surface area contributed by atoms with Crippen LogP contribution in [0.15, 0.2) is 0 Å².